The van der Waals surface area contributed by atoms with Crippen LogP contribution in [0.1, 0.15) is 12.1 Å². The summed E-state index contributed by atoms with van der Waals surface area (Å²) >= 11 is 3.37. The molecule has 0 saturated heterocycles. The lowest BCUT2D eigenvalue weighted by atomic mass is 10.4. The highest BCUT2D eigenvalue weighted by Gasteiger charge is 2.05. The van der Waals surface area contributed by atoms with E-state index in [0.29, 0.717) is 19.5 Å². The van der Waals surface area contributed by atoms with E-state index in [0.717, 1.165) is 10.2 Å². The maximum Gasteiger partial charge on any atom is 0.222 e. The van der Waals surface area contributed by atoms with E-state index in [9.17, 15) is 4.79 Å². The monoisotopic (exact) mass is 271 g/mol. The first-order valence-corrected chi connectivity index (χ1v) is 5.50. The molecule has 1 rings (SSSR count). The number of hydrogen-bond acceptors (Lipinski definition) is 2. The van der Waals surface area contributed by atoms with Crippen molar-refractivity contribution >= 4 is 21.8 Å². The molecule has 0 radical (unpaired) electrons. The normalized spacial score (nSPS) is 10.0. The fourth-order valence-corrected chi connectivity index (χ4v) is 1.43. The van der Waals surface area contributed by atoms with Crippen LogP contribution in [0, 0.1) is 6.92 Å². The van der Waals surface area contributed by atoms with Crippen LogP contribution in [0.4, 0.5) is 0 Å². The topological polar surface area (TPSA) is 46.9 Å². The number of nitrogens with zero attached hydrogens (tertiary/aromatic N) is 2. The molecule has 0 aromatic carbocycles. The van der Waals surface area contributed by atoms with Crippen LogP contribution in [0.2, 0.25) is 0 Å². The van der Waals surface area contributed by atoms with E-state index in [-0.39, 0.29) is 5.91 Å². The molecule has 0 saturated carbocycles. The number of hydrogen-bond donors (Lipinski definition) is 1. The lowest BCUT2D eigenvalue weighted by Gasteiger charge is -2.04. The summed E-state index contributed by atoms with van der Waals surface area (Å²) in [6.07, 6.45) is 3.83. The van der Waals surface area contributed by atoms with Crippen LogP contribution in [0.3, 0.4) is 0 Å². The van der Waals surface area contributed by atoms with Crippen molar-refractivity contribution in [3.63, 3.8) is 0 Å². The molecule has 1 aromatic heterocycles. The van der Waals surface area contributed by atoms with Crippen molar-refractivity contribution < 1.29 is 4.79 Å². The molecule has 0 unspecified atom stereocenters. The second-order valence-electron chi connectivity index (χ2n) is 3.14. The highest BCUT2D eigenvalue weighted by molar-refractivity contribution is 9.10. The van der Waals surface area contributed by atoms with Gasteiger partial charge in [-0.15, -0.1) is 6.58 Å². The van der Waals surface area contributed by atoms with E-state index in [2.05, 4.69) is 32.9 Å². The van der Waals surface area contributed by atoms with Crippen LogP contribution in [0.15, 0.2) is 23.3 Å². The Kier molecular flexibility index (Phi) is 4.55. The molecule has 4 nitrogen and oxygen atoms in total. The molecule has 0 aliphatic carbocycles. The van der Waals surface area contributed by atoms with Gasteiger partial charge in [0.1, 0.15) is 0 Å². The Balaban J connectivity index is 2.40. The molecule has 0 aliphatic heterocycles. The zero-order chi connectivity index (χ0) is 11.3. The fraction of sp³-hybridized carbons (Fsp3) is 0.400. The van der Waals surface area contributed by atoms with Gasteiger partial charge >= 0.3 is 0 Å². The zero-order valence-corrected chi connectivity index (χ0v) is 10.2. The Hall–Kier alpha value is -1.10. The SMILES string of the molecule is C=CCNC(=O)CCn1ncc(Br)c1C. The van der Waals surface area contributed by atoms with Crippen molar-refractivity contribution in [2.75, 3.05) is 6.54 Å². The highest BCUT2D eigenvalue weighted by atomic mass is 79.9. The molecule has 82 valence electrons. The van der Waals surface area contributed by atoms with Crippen LogP contribution >= 0.6 is 15.9 Å². The van der Waals surface area contributed by atoms with E-state index >= 15 is 0 Å². The van der Waals surface area contributed by atoms with Gasteiger partial charge in [-0.1, -0.05) is 6.08 Å². The van der Waals surface area contributed by atoms with Gasteiger partial charge in [0.05, 0.1) is 10.7 Å². The summed E-state index contributed by atoms with van der Waals surface area (Å²) in [6.45, 7) is 6.60. The van der Waals surface area contributed by atoms with Gasteiger partial charge in [0.25, 0.3) is 0 Å². The van der Waals surface area contributed by atoms with Crippen LogP contribution in [-0.4, -0.2) is 22.2 Å². The molecule has 0 aliphatic rings. The lowest BCUT2D eigenvalue weighted by Crippen LogP contribution is -2.24. The minimum Gasteiger partial charge on any atom is -0.353 e. The number of halogens is 1. The van der Waals surface area contributed by atoms with Crippen LogP contribution in [0.5, 0.6) is 0 Å². The number of aromatic nitrogens is 2. The molecule has 0 spiro atoms. The van der Waals surface area contributed by atoms with Crippen LogP contribution in [0.25, 0.3) is 0 Å². The van der Waals surface area contributed by atoms with Crippen molar-refractivity contribution in [2.45, 2.75) is 19.9 Å². The Morgan fingerprint density at radius 3 is 3.07 bits per heavy atom. The van der Waals surface area contributed by atoms with Crippen LogP contribution in [-0.2, 0) is 11.3 Å². The summed E-state index contributed by atoms with van der Waals surface area (Å²) in [6, 6.07) is 0. The van der Waals surface area contributed by atoms with Crippen LogP contribution < -0.4 is 5.32 Å². The Bertz CT molecular complexity index is 360. The summed E-state index contributed by atoms with van der Waals surface area (Å²) in [7, 11) is 0. The molecule has 5 heteroatoms. The van der Waals surface area contributed by atoms with Gasteiger partial charge < -0.3 is 5.32 Å². The van der Waals surface area contributed by atoms with E-state index < -0.39 is 0 Å². The number of aryl methyl sites for hydroxylation is 1. The fourth-order valence-electron chi connectivity index (χ4n) is 1.13. The van der Waals surface area contributed by atoms with E-state index in [1.54, 1.807) is 17.0 Å². The summed E-state index contributed by atoms with van der Waals surface area (Å²) in [5.41, 5.74) is 1.03. The largest absolute Gasteiger partial charge is 0.353 e. The van der Waals surface area contributed by atoms with Gasteiger partial charge in [-0.3, -0.25) is 9.48 Å². The van der Waals surface area contributed by atoms with E-state index in [1.165, 1.54) is 0 Å². The third-order valence-electron chi connectivity index (χ3n) is 2.04. The second-order valence-corrected chi connectivity index (χ2v) is 4.00. The second kappa shape index (κ2) is 5.70. The molecule has 1 aromatic rings. The molecular formula is C10H14BrN3O. The molecule has 0 fully saturated rings. The van der Waals surface area contributed by atoms with Crippen molar-refractivity contribution in [1.82, 2.24) is 15.1 Å². The third-order valence-corrected chi connectivity index (χ3v) is 2.82. The number of carbonyl (C=O) groups is 1. The highest BCUT2D eigenvalue weighted by Crippen LogP contribution is 2.14. The standard InChI is InChI=1S/C10H14BrN3O/c1-3-5-12-10(15)4-6-14-8(2)9(11)7-13-14/h3,7H,1,4-6H2,2H3,(H,12,15). The first-order valence-electron chi connectivity index (χ1n) is 4.70. The quantitative estimate of drug-likeness (QED) is 0.828. The molecule has 1 heterocycles. The number of carbonyl (C=O) groups excluding carboxylic acids is 1. The lowest BCUT2D eigenvalue weighted by molar-refractivity contribution is -0.121. The first-order chi connectivity index (χ1) is 7.15. The minimum atomic E-state index is 0.0147. The maximum absolute atomic E-state index is 11.3. The summed E-state index contributed by atoms with van der Waals surface area (Å²) in [4.78, 5) is 11.3. The predicted octanol–water partition coefficient (Wildman–Crippen LogP) is 1.65. The first kappa shape index (κ1) is 12.0. The van der Waals surface area contributed by atoms with E-state index in [4.69, 9.17) is 0 Å². The number of rotatable bonds is 5. The molecule has 0 bridgehead atoms. The van der Waals surface area contributed by atoms with Gasteiger partial charge in [-0.25, -0.2) is 0 Å². The van der Waals surface area contributed by atoms with Crippen molar-refractivity contribution in [3.8, 4) is 0 Å². The predicted molar refractivity (Wildman–Crippen MR) is 62.5 cm³/mol. The molecular weight excluding hydrogens is 258 g/mol. The number of nitrogens with one attached hydrogen (secondary N) is 1. The average molecular weight is 272 g/mol. The molecule has 0 atom stereocenters. The Labute approximate surface area is 97.5 Å². The third kappa shape index (κ3) is 3.51. The zero-order valence-electron chi connectivity index (χ0n) is 8.66. The van der Waals surface area contributed by atoms with Gasteiger partial charge in [0, 0.05) is 25.2 Å². The number of amides is 1. The van der Waals surface area contributed by atoms with Gasteiger partial charge in [-0.05, 0) is 22.9 Å². The van der Waals surface area contributed by atoms with Crippen molar-refractivity contribution in [1.29, 1.82) is 0 Å². The average Bonchev–Trinajstić information content (AvgIpc) is 2.54. The molecule has 15 heavy (non-hydrogen) atoms. The minimum absolute atomic E-state index is 0.0147. The van der Waals surface area contributed by atoms with Gasteiger partial charge in [0.15, 0.2) is 0 Å². The van der Waals surface area contributed by atoms with Crippen molar-refractivity contribution in [2.24, 2.45) is 0 Å². The smallest absolute Gasteiger partial charge is 0.222 e. The molecule has 1 N–H and O–H groups in total. The van der Waals surface area contributed by atoms with Gasteiger partial charge in [0.2, 0.25) is 5.91 Å². The Morgan fingerprint density at radius 1 is 1.80 bits per heavy atom. The summed E-state index contributed by atoms with van der Waals surface area (Å²) in [5, 5.41) is 6.86. The maximum atomic E-state index is 11.3. The summed E-state index contributed by atoms with van der Waals surface area (Å²) < 4.78 is 2.77. The van der Waals surface area contributed by atoms with Crippen molar-refractivity contribution in [3.05, 3.63) is 29.0 Å². The Morgan fingerprint density at radius 2 is 2.53 bits per heavy atom. The molecule has 1 amide bonds. The summed E-state index contributed by atoms with van der Waals surface area (Å²) in [5.74, 6) is 0.0147. The van der Waals surface area contributed by atoms with Gasteiger partial charge in [-0.2, -0.15) is 5.10 Å². The van der Waals surface area contributed by atoms with E-state index in [1.807, 2.05) is 6.92 Å².